The van der Waals surface area contributed by atoms with Crippen molar-refractivity contribution in [3.63, 3.8) is 0 Å². The summed E-state index contributed by atoms with van der Waals surface area (Å²) in [5.74, 6) is -6.22. The Kier molecular flexibility index (Phi) is 6.50. The summed E-state index contributed by atoms with van der Waals surface area (Å²) < 4.78 is 0. The fraction of sp³-hybridized carbons (Fsp3) is 0.500. The molecule has 0 saturated carbocycles. The minimum Gasteiger partial charge on any atom is -0.511 e. The Bertz CT molecular complexity index is 1180. The molecule has 1 aromatic carbocycles. The summed E-state index contributed by atoms with van der Waals surface area (Å²) in [6, 6.07) is 1.83. The van der Waals surface area contributed by atoms with Crippen LogP contribution in [0.1, 0.15) is 72.5 Å². The molecule has 188 valence electrons. The quantitative estimate of drug-likeness (QED) is 0.251. The topological polar surface area (TPSA) is 184 Å². The highest BCUT2D eigenvalue weighted by Gasteiger charge is 2.59. The lowest BCUT2D eigenvalue weighted by atomic mass is 9.60. The van der Waals surface area contributed by atoms with Crippen LogP contribution in [0.25, 0.3) is 0 Å². The van der Waals surface area contributed by atoms with Gasteiger partial charge in [-0.3, -0.25) is 14.4 Å². The second kappa shape index (κ2) is 9.13. The summed E-state index contributed by atoms with van der Waals surface area (Å²) in [5.41, 5.74) is 9.61. The molecule has 0 fully saturated rings. The lowest BCUT2D eigenvalue weighted by Crippen LogP contribution is -2.57. The molecule has 0 unspecified atom stereocenters. The number of phenols is 1. The average Bonchev–Trinajstić information content (AvgIpc) is 2.80. The standard InChI is InChI=1S/C26H32N2O7/c1-2-3-4-5-6-12-7-14(11-27)21(30)19-16(12)9-13-8-15-10-17(29)20(25(28)34)24(33)26(15,35)23(32)18(13)22(19)31/h7,13,15,29-30,32,35H,2-6,8-11,27H2,1H3,(H2,28,34)/t13-,15+,26+/m1/s1. The molecule has 35 heavy (non-hydrogen) atoms. The number of Topliss-reactive ketones (excluding diaryl/α,β-unsaturated/α-hetero) is 2. The van der Waals surface area contributed by atoms with Crippen molar-refractivity contribution < 1.29 is 34.8 Å². The second-order valence-corrected chi connectivity index (χ2v) is 9.82. The molecule has 1 amide bonds. The van der Waals surface area contributed by atoms with E-state index in [2.05, 4.69) is 6.92 Å². The smallest absolute Gasteiger partial charge is 0.255 e. The minimum atomic E-state index is -2.56. The van der Waals surface area contributed by atoms with E-state index in [1.807, 2.05) is 6.07 Å². The van der Waals surface area contributed by atoms with Gasteiger partial charge >= 0.3 is 0 Å². The van der Waals surface area contributed by atoms with E-state index in [1.54, 1.807) is 0 Å². The zero-order valence-corrected chi connectivity index (χ0v) is 19.8. The zero-order valence-electron chi connectivity index (χ0n) is 19.8. The monoisotopic (exact) mass is 484 g/mol. The molecule has 9 heteroatoms. The lowest BCUT2D eigenvalue weighted by molar-refractivity contribution is -0.144. The number of aromatic hydroxyl groups is 1. The molecule has 8 N–H and O–H groups in total. The van der Waals surface area contributed by atoms with Crippen LogP contribution in [0.15, 0.2) is 28.7 Å². The summed E-state index contributed by atoms with van der Waals surface area (Å²) in [4.78, 5) is 38.5. The molecule has 3 aliphatic carbocycles. The van der Waals surface area contributed by atoms with Gasteiger partial charge in [-0.2, -0.15) is 0 Å². The van der Waals surface area contributed by atoms with Crippen LogP contribution in [0.3, 0.4) is 0 Å². The van der Waals surface area contributed by atoms with Crippen LogP contribution in [0, 0.1) is 11.8 Å². The number of hydrogen-bond acceptors (Lipinski definition) is 8. The van der Waals surface area contributed by atoms with E-state index in [-0.39, 0.29) is 36.3 Å². The number of primary amides is 1. The number of aliphatic hydroxyl groups excluding tert-OH is 2. The van der Waals surface area contributed by atoms with Gasteiger partial charge in [0, 0.05) is 30.0 Å². The Morgan fingerprint density at radius 3 is 2.46 bits per heavy atom. The van der Waals surface area contributed by atoms with Crippen LogP contribution >= 0.6 is 0 Å². The molecule has 0 aromatic heterocycles. The van der Waals surface area contributed by atoms with Crippen LogP contribution in [0.5, 0.6) is 5.75 Å². The number of rotatable bonds is 7. The van der Waals surface area contributed by atoms with Gasteiger partial charge in [-0.15, -0.1) is 0 Å². The maximum atomic E-state index is 13.7. The van der Waals surface area contributed by atoms with Gasteiger partial charge in [0.05, 0.1) is 5.56 Å². The van der Waals surface area contributed by atoms with Gasteiger partial charge < -0.3 is 31.9 Å². The first-order valence-corrected chi connectivity index (χ1v) is 12.1. The van der Waals surface area contributed by atoms with E-state index in [0.717, 1.165) is 31.2 Å². The number of aryl methyl sites for hydroxylation is 1. The van der Waals surface area contributed by atoms with Crippen molar-refractivity contribution in [2.45, 2.75) is 70.4 Å². The summed E-state index contributed by atoms with van der Waals surface area (Å²) in [6.07, 6.45) is 5.01. The number of phenolic OH excluding ortho intramolecular Hbond substituents is 1. The van der Waals surface area contributed by atoms with Crippen molar-refractivity contribution in [3.8, 4) is 5.75 Å². The number of allylic oxidation sites excluding steroid dienone is 2. The van der Waals surface area contributed by atoms with Crippen molar-refractivity contribution in [3.05, 3.63) is 51.0 Å². The Balaban J connectivity index is 1.83. The molecule has 0 heterocycles. The molecule has 1 aromatic rings. The summed E-state index contributed by atoms with van der Waals surface area (Å²) >= 11 is 0. The van der Waals surface area contributed by atoms with Gasteiger partial charge in [-0.1, -0.05) is 32.3 Å². The van der Waals surface area contributed by atoms with Crippen molar-refractivity contribution in [1.29, 1.82) is 0 Å². The lowest BCUT2D eigenvalue weighted by Gasteiger charge is -2.45. The van der Waals surface area contributed by atoms with Crippen LogP contribution < -0.4 is 11.5 Å². The highest BCUT2D eigenvalue weighted by atomic mass is 16.3. The van der Waals surface area contributed by atoms with E-state index in [4.69, 9.17) is 11.5 Å². The van der Waals surface area contributed by atoms with Crippen molar-refractivity contribution in [1.82, 2.24) is 0 Å². The zero-order chi connectivity index (χ0) is 25.7. The summed E-state index contributed by atoms with van der Waals surface area (Å²) in [6.45, 7) is 2.13. The fourth-order valence-electron chi connectivity index (χ4n) is 5.95. The second-order valence-electron chi connectivity index (χ2n) is 9.82. The number of unbranched alkanes of at least 4 members (excludes halogenated alkanes) is 3. The molecular formula is C26H32N2O7. The predicted molar refractivity (Wildman–Crippen MR) is 127 cm³/mol. The molecule has 4 rings (SSSR count). The van der Waals surface area contributed by atoms with Crippen LogP contribution in [0.2, 0.25) is 0 Å². The summed E-state index contributed by atoms with van der Waals surface area (Å²) in [5, 5.41) is 43.6. The van der Waals surface area contributed by atoms with Gasteiger partial charge in [0.15, 0.2) is 11.4 Å². The van der Waals surface area contributed by atoms with Gasteiger partial charge in [0.1, 0.15) is 22.8 Å². The summed E-state index contributed by atoms with van der Waals surface area (Å²) in [7, 11) is 0. The first-order valence-electron chi connectivity index (χ1n) is 12.1. The molecule has 3 atom stereocenters. The van der Waals surface area contributed by atoms with Crippen LogP contribution in [0.4, 0.5) is 0 Å². The SMILES string of the molecule is CCCCCCc1cc(CN)c(O)c2c1C[C@H]1C[C@H]3CC(O)=C(C(N)=O)C(=O)[C@@]3(O)C(O)=C1C2=O. The minimum absolute atomic E-state index is 0.0132. The van der Waals surface area contributed by atoms with E-state index in [1.165, 1.54) is 0 Å². The molecule has 9 nitrogen and oxygen atoms in total. The Labute approximate surface area is 203 Å². The normalized spacial score (nSPS) is 25.9. The number of fused-ring (bicyclic) bond motifs is 3. The average molecular weight is 485 g/mol. The van der Waals surface area contributed by atoms with Crippen molar-refractivity contribution >= 4 is 17.5 Å². The maximum absolute atomic E-state index is 13.7. The number of carbonyl (C=O) groups is 3. The van der Waals surface area contributed by atoms with Crippen molar-refractivity contribution in [2.24, 2.45) is 23.3 Å². The van der Waals surface area contributed by atoms with Crippen LogP contribution in [-0.2, 0) is 29.0 Å². The van der Waals surface area contributed by atoms with Gasteiger partial charge in [-0.25, -0.2) is 0 Å². The van der Waals surface area contributed by atoms with Crippen LogP contribution in [-0.4, -0.2) is 43.5 Å². The highest BCUT2D eigenvalue weighted by Crippen LogP contribution is 2.52. The fourth-order valence-corrected chi connectivity index (χ4v) is 5.95. The Hall–Kier alpha value is -3.17. The molecule has 0 radical (unpaired) electrons. The first kappa shape index (κ1) is 24.9. The Morgan fingerprint density at radius 2 is 1.83 bits per heavy atom. The maximum Gasteiger partial charge on any atom is 0.255 e. The number of nitrogens with two attached hydrogens (primary N) is 2. The third kappa shape index (κ3) is 3.73. The molecule has 0 bridgehead atoms. The number of benzene rings is 1. The van der Waals surface area contributed by atoms with Crippen molar-refractivity contribution in [2.75, 3.05) is 0 Å². The number of amides is 1. The van der Waals surface area contributed by atoms with Gasteiger partial charge in [0.25, 0.3) is 5.91 Å². The van der Waals surface area contributed by atoms with E-state index >= 15 is 0 Å². The third-order valence-electron chi connectivity index (χ3n) is 7.75. The Morgan fingerprint density at radius 1 is 1.11 bits per heavy atom. The largest absolute Gasteiger partial charge is 0.511 e. The molecule has 3 aliphatic rings. The molecule has 0 saturated heterocycles. The van der Waals surface area contributed by atoms with E-state index in [9.17, 15) is 34.8 Å². The molecule has 0 aliphatic heterocycles. The van der Waals surface area contributed by atoms with Gasteiger partial charge in [0.2, 0.25) is 5.78 Å². The highest BCUT2D eigenvalue weighted by molar-refractivity contribution is 6.24. The number of aliphatic hydroxyl groups is 3. The molecular weight excluding hydrogens is 452 g/mol. The number of hydrogen-bond donors (Lipinski definition) is 6. The third-order valence-corrected chi connectivity index (χ3v) is 7.75. The number of carbonyl (C=O) groups excluding carboxylic acids is 3. The first-order chi connectivity index (χ1) is 16.6. The molecule has 0 spiro atoms. The van der Waals surface area contributed by atoms with E-state index < -0.39 is 52.0 Å². The number of ketones is 2. The van der Waals surface area contributed by atoms with E-state index in [0.29, 0.717) is 24.0 Å². The van der Waals surface area contributed by atoms with Gasteiger partial charge in [-0.05, 0) is 42.7 Å². The predicted octanol–water partition coefficient (Wildman–Crippen LogP) is 2.16.